The average molecular weight is 218 g/mol. The second kappa shape index (κ2) is 4.36. The van der Waals surface area contributed by atoms with E-state index in [1.54, 1.807) is 0 Å². The Kier molecular flexibility index (Phi) is 3.39. The van der Waals surface area contributed by atoms with Crippen LogP contribution in [0.15, 0.2) is 23.2 Å². The second-order valence-corrected chi connectivity index (χ2v) is 3.95. The van der Waals surface area contributed by atoms with Gasteiger partial charge in [-0.1, -0.05) is 0 Å². The van der Waals surface area contributed by atoms with Crippen LogP contribution in [0.3, 0.4) is 0 Å². The number of nitrogens with two attached hydrogens (primary N) is 1. The molecule has 0 atom stereocenters. The van der Waals surface area contributed by atoms with Crippen LogP contribution in [0.4, 0.5) is 0 Å². The molecule has 6 nitrogen and oxygen atoms in total. The molecule has 0 radical (unpaired) electrons. The summed E-state index contributed by atoms with van der Waals surface area (Å²) in [4.78, 5) is 3.50. The summed E-state index contributed by atoms with van der Waals surface area (Å²) in [6.45, 7) is -0.250. The number of ether oxygens (including phenoxy) is 1. The first-order valence-electron chi connectivity index (χ1n) is 3.77. The highest BCUT2D eigenvalue weighted by Crippen LogP contribution is 2.18. The number of pyridine rings is 1. The first-order valence-corrected chi connectivity index (χ1v) is 5.32. The van der Waals surface area contributed by atoms with Crippen molar-refractivity contribution in [2.75, 3.05) is 13.2 Å². The minimum atomic E-state index is -3.83. The number of nitrogens with zero attached hydrogens (tertiary/aromatic N) is 1. The second-order valence-electron chi connectivity index (χ2n) is 2.42. The summed E-state index contributed by atoms with van der Waals surface area (Å²) in [5, 5.41) is 13.4. The van der Waals surface area contributed by atoms with E-state index in [-0.39, 0.29) is 24.0 Å². The van der Waals surface area contributed by atoms with Crippen molar-refractivity contribution in [2.24, 2.45) is 5.14 Å². The largest absolute Gasteiger partial charge is 0.474 e. The third-order valence-electron chi connectivity index (χ3n) is 1.37. The molecule has 7 heteroatoms. The van der Waals surface area contributed by atoms with Crippen LogP contribution in [0.5, 0.6) is 5.88 Å². The van der Waals surface area contributed by atoms with E-state index in [1.165, 1.54) is 18.3 Å². The molecule has 3 N–H and O–H groups in total. The van der Waals surface area contributed by atoms with Crippen molar-refractivity contribution >= 4 is 10.0 Å². The lowest BCUT2D eigenvalue weighted by Gasteiger charge is -2.06. The van der Waals surface area contributed by atoms with Gasteiger partial charge in [-0.2, -0.15) is 0 Å². The van der Waals surface area contributed by atoms with Crippen molar-refractivity contribution in [2.45, 2.75) is 4.90 Å². The zero-order valence-electron chi connectivity index (χ0n) is 7.25. The van der Waals surface area contributed by atoms with Gasteiger partial charge in [0.25, 0.3) is 0 Å². The maximum atomic E-state index is 11.0. The Bertz CT molecular complexity index is 404. The van der Waals surface area contributed by atoms with Crippen LogP contribution in [0, 0.1) is 0 Å². The molecular formula is C7H10N2O4S. The van der Waals surface area contributed by atoms with E-state index in [0.29, 0.717) is 0 Å². The van der Waals surface area contributed by atoms with Crippen molar-refractivity contribution in [3.63, 3.8) is 0 Å². The predicted molar refractivity (Wildman–Crippen MR) is 48.2 cm³/mol. The minimum absolute atomic E-state index is 0.0282. The summed E-state index contributed by atoms with van der Waals surface area (Å²) in [6.07, 6.45) is 1.38. The number of aliphatic hydroxyl groups is 1. The third-order valence-corrected chi connectivity index (χ3v) is 2.30. The summed E-state index contributed by atoms with van der Waals surface area (Å²) in [5.74, 6) is -0.0935. The molecule has 0 spiro atoms. The first-order chi connectivity index (χ1) is 6.55. The molecule has 0 aliphatic heterocycles. The number of aromatic nitrogens is 1. The zero-order valence-corrected chi connectivity index (χ0v) is 8.07. The smallest absolute Gasteiger partial charge is 0.243 e. The van der Waals surface area contributed by atoms with Crippen LogP contribution in [-0.2, 0) is 10.0 Å². The molecule has 0 saturated carbocycles. The maximum absolute atomic E-state index is 11.0. The topological polar surface area (TPSA) is 103 Å². The molecule has 0 bridgehead atoms. The minimum Gasteiger partial charge on any atom is -0.474 e. The van der Waals surface area contributed by atoms with Crippen molar-refractivity contribution in [1.82, 2.24) is 4.98 Å². The van der Waals surface area contributed by atoms with Gasteiger partial charge in [0.1, 0.15) is 11.5 Å². The van der Waals surface area contributed by atoms with E-state index in [9.17, 15) is 8.42 Å². The molecule has 0 saturated heterocycles. The van der Waals surface area contributed by atoms with Crippen molar-refractivity contribution < 1.29 is 18.3 Å². The lowest BCUT2D eigenvalue weighted by atomic mass is 10.5. The molecule has 0 aliphatic rings. The van der Waals surface area contributed by atoms with E-state index in [4.69, 9.17) is 15.0 Å². The molecule has 1 aromatic heterocycles. The van der Waals surface area contributed by atoms with Crippen molar-refractivity contribution in [3.05, 3.63) is 18.3 Å². The Labute approximate surface area is 81.4 Å². The summed E-state index contributed by atoms with van der Waals surface area (Å²) in [6, 6.07) is 2.72. The van der Waals surface area contributed by atoms with Crippen LogP contribution in [0.1, 0.15) is 0 Å². The highest BCUT2D eigenvalue weighted by molar-refractivity contribution is 7.89. The van der Waals surface area contributed by atoms with Crippen LogP contribution in [0.2, 0.25) is 0 Å². The normalized spacial score (nSPS) is 11.3. The Morgan fingerprint density at radius 3 is 2.86 bits per heavy atom. The quantitative estimate of drug-likeness (QED) is 0.681. The monoisotopic (exact) mass is 218 g/mol. The Morgan fingerprint density at radius 1 is 1.57 bits per heavy atom. The van der Waals surface area contributed by atoms with Gasteiger partial charge in [0.15, 0.2) is 0 Å². The van der Waals surface area contributed by atoms with Gasteiger partial charge in [-0.3, -0.25) is 0 Å². The van der Waals surface area contributed by atoms with Gasteiger partial charge in [-0.05, 0) is 12.1 Å². The molecule has 1 aromatic rings. The molecule has 0 unspecified atom stereocenters. The first kappa shape index (κ1) is 10.9. The van der Waals surface area contributed by atoms with Gasteiger partial charge in [0.2, 0.25) is 15.9 Å². The van der Waals surface area contributed by atoms with Crippen LogP contribution >= 0.6 is 0 Å². The Morgan fingerprint density at radius 2 is 2.29 bits per heavy atom. The van der Waals surface area contributed by atoms with E-state index in [0.717, 1.165) is 0 Å². The number of hydrogen-bond acceptors (Lipinski definition) is 5. The fraction of sp³-hybridized carbons (Fsp3) is 0.286. The molecule has 14 heavy (non-hydrogen) atoms. The standard InChI is InChI=1S/C7H10N2O4S/c8-14(11,12)6-2-1-3-9-7(6)13-5-4-10/h1-3,10H,4-5H2,(H2,8,11,12). The molecular weight excluding hydrogens is 208 g/mol. The Balaban J connectivity index is 3.04. The molecule has 78 valence electrons. The molecule has 1 rings (SSSR count). The molecule has 0 aliphatic carbocycles. The van der Waals surface area contributed by atoms with Gasteiger partial charge in [0, 0.05) is 6.20 Å². The fourth-order valence-electron chi connectivity index (χ4n) is 0.843. The molecule has 1 heterocycles. The van der Waals surface area contributed by atoms with Crippen LogP contribution in [-0.4, -0.2) is 31.7 Å². The van der Waals surface area contributed by atoms with Gasteiger partial charge in [-0.25, -0.2) is 18.5 Å². The number of sulfonamides is 1. The van der Waals surface area contributed by atoms with Gasteiger partial charge in [0.05, 0.1) is 6.61 Å². The lowest BCUT2D eigenvalue weighted by Crippen LogP contribution is -2.15. The zero-order chi connectivity index (χ0) is 10.6. The van der Waals surface area contributed by atoms with Gasteiger partial charge < -0.3 is 9.84 Å². The van der Waals surface area contributed by atoms with E-state index in [1.807, 2.05) is 0 Å². The molecule has 0 fully saturated rings. The third kappa shape index (κ3) is 2.66. The van der Waals surface area contributed by atoms with Gasteiger partial charge >= 0.3 is 0 Å². The number of aliphatic hydroxyl groups excluding tert-OH is 1. The maximum Gasteiger partial charge on any atom is 0.243 e. The summed E-state index contributed by atoms with van der Waals surface area (Å²) >= 11 is 0. The van der Waals surface area contributed by atoms with Crippen LogP contribution < -0.4 is 9.88 Å². The number of rotatable bonds is 4. The molecule has 0 amide bonds. The Hall–Kier alpha value is -1.18. The average Bonchev–Trinajstić information content (AvgIpc) is 2.14. The summed E-state index contributed by atoms with van der Waals surface area (Å²) in [5.41, 5.74) is 0. The fourth-order valence-corrected chi connectivity index (χ4v) is 1.47. The summed E-state index contributed by atoms with van der Waals surface area (Å²) < 4.78 is 26.9. The SMILES string of the molecule is NS(=O)(=O)c1cccnc1OCCO. The number of hydrogen-bond donors (Lipinski definition) is 2. The summed E-state index contributed by atoms with van der Waals surface area (Å²) in [7, 11) is -3.83. The predicted octanol–water partition coefficient (Wildman–Crippen LogP) is -0.900. The van der Waals surface area contributed by atoms with E-state index >= 15 is 0 Å². The van der Waals surface area contributed by atoms with Crippen LogP contribution in [0.25, 0.3) is 0 Å². The van der Waals surface area contributed by atoms with Gasteiger partial charge in [-0.15, -0.1) is 0 Å². The van der Waals surface area contributed by atoms with Crippen molar-refractivity contribution in [3.8, 4) is 5.88 Å². The van der Waals surface area contributed by atoms with Crippen molar-refractivity contribution in [1.29, 1.82) is 0 Å². The highest BCUT2D eigenvalue weighted by atomic mass is 32.2. The highest BCUT2D eigenvalue weighted by Gasteiger charge is 2.15. The molecule has 0 aromatic carbocycles. The lowest BCUT2D eigenvalue weighted by molar-refractivity contribution is 0.193. The van der Waals surface area contributed by atoms with E-state index < -0.39 is 10.0 Å². The number of primary sulfonamides is 1. The van der Waals surface area contributed by atoms with E-state index in [2.05, 4.69) is 4.98 Å².